The minimum absolute atomic E-state index is 0.101. The van der Waals surface area contributed by atoms with Gasteiger partial charge in [0, 0.05) is 29.2 Å². The molecule has 0 radical (unpaired) electrons. The van der Waals surface area contributed by atoms with Crippen molar-refractivity contribution in [2.45, 2.75) is 156 Å². The van der Waals surface area contributed by atoms with Gasteiger partial charge in [0.2, 0.25) is 47.5 Å². The molecule has 2 saturated heterocycles. The number of hydrogen-bond donors (Lipinski definition) is 18. The minimum atomic E-state index is -2.36. The summed E-state index contributed by atoms with van der Waals surface area (Å²) in [5.74, 6) is -17.1. The second kappa shape index (κ2) is 30.2. The van der Waals surface area contributed by atoms with Crippen LogP contribution >= 0.6 is 23.2 Å². The van der Waals surface area contributed by atoms with Gasteiger partial charge in [0.25, 0.3) is 0 Å². The maximum Gasteiger partial charge on any atom is 0.326 e. The van der Waals surface area contributed by atoms with E-state index < -0.39 is 242 Å². The number of benzene rings is 5. The van der Waals surface area contributed by atoms with Crippen LogP contribution in [-0.2, 0) is 52.6 Å². The molecule has 101 heavy (non-hydrogen) atoms. The molecular weight excluding hydrogens is 1380 g/mol. The largest absolute Gasteiger partial charge is 0.548 e. The van der Waals surface area contributed by atoms with Crippen LogP contribution in [0.1, 0.15) is 105 Å². The lowest BCUT2D eigenvalue weighted by Gasteiger charge is -2.47. The number of aliphatic hydroxyl groups is 6. The fraction of sp³-hybridized carbons (Fsp3) is 0.424. The molecule has 18 unspecified atom stereocenters. The van der Waals surface area contributed by atoms with E-state index in [1.807, 2.05) is 0 Å². The molecule has 7 aliphatic heterocycles. The van der Waals surface area contributed by atoms with E-state index in [2.05, 4.69) is 37.2 Å². The predicted molar refractivity (Wildman–Crippen MR) is 345 cm³/mol. The monoisotopic (exact) mass is 1450 g/mol. The molecule has 0 saturated carbocycles. The van der Waals surface area contributed by atoms with Crippen molar-refractivity contribution in [3.05, 3.63) is 117 Å². The van der Waals surface area contributed by atoms with Crippen LogP contribution in [0.3, 0.4) is 0 Å². The summed E-state index contributed by atoms with van der Waals surface area (Å²) >= 11 is 14.1. The van der Waals surface area contributed by atoms with Gasteiger partial charge in [0.15, 0.2) is 23.9 Å². The number of nitrogens with one attached hydrogen (secondary N) is 7. The van der Waals surface area contributed by atoms with E-state index in [1.54, 1.807) is 13.8 Å². The first kappa shape index (κ1) is 74.5. The summed E-state index contributed by atoms with van der Waals surface area (Å²) < 4.78 is 38.2. The number of carbonyl (C=O) groups excluding carboxylic acids is 7. The van der Waals surface area contributed by atoms with Crippen LogP contribution in [0, 0.1) is 5.92 Å². The van der Waals surface area contributed by atoms with Crippen LogP contribution in [0.5, 0.6) is 46.0 Å². The molecule has 0 spiro atoms. The Morgan fingerprint density at radius 1 is 0.733 bits per heavy atom. The van der Waals surface area contributed by atoms with E-state index in [0.717, 1.165) is 72.8 Å². The summed E-state index contributed by atoms with van der Waals surface area (Å²) in [6, 6.07) is -1.27. The molecule has 19 N–H and O–H groups in total. The Labute approximate surface area is 583 Å². The topological polar surface area (TPSA) is 528 Å². The van der Waals surface area contributed by atoms with Gasteiger partial charge in [-0.25, -0.2) is 4.79 Å². The average molecular weight is 1450 g/mol. The van der Waals surface area contributed by atoms with Crippen LogP contribution in [0.2, 0.25) is 10.0 Å². The van der Waals surface area contributed by atoms with Crippen molar-refractivity contribution in [3.63, 3.8) is 0 Å². The number of carboxylic acids is 2. The van der Waals surface area contributed by atoms with Gasteiger partial charge in [-0.05, 0) is 116 Å². The first-order valence-corrected chi connectivity index (χ1v) is 32.3. The lowest BCUT2D eigenvalue weighted by atomic mass is 9.86. The van der Waals surface area contributed by atoms with E-state index in [9.17, 15) is 84.9 Å². The quantitative estimate of drug-likeness (QED) is 0.0739. The van der Waals surface area contributed by atoms with Crippen LogP contribution in [-0.4, -0.2) is 191 Å². The van der Waals surface area contributed by atoms with Crippen LogP contribution in [0.25, 0.3) is 11.1 Å². The van der Waals surface area contributed by atoms with E-state index in [4.69, 9.17) is 57.4 Å². The Morgan fingerprint density at radius 2 is 1.35 bits per heavy atom. The summed E-state index contributed by atoms with van der Waals surface area (Å²) in [6.07, 6.45) is -18.9. The molecular formula is C66H73Cl2N8O25-. The van der Waals surface area contributed by atoms with Crippen LogP contribution in [0.15, 0.2) is 78.9 Å². The predicted octanol–water partition coefficient (Wildman–Crippen LogP) is -0.629. The Morgan fingerprint density at radius 3 is 1.93 bits per heavy atom. The van der Waals surface area contributed by atoms with Crippen molar-refractivity contribution in [2.24, 2.45) is 11.7 Å². The maximum absolute atomic E-state index is 15.9. The molecule has 18 atom stereocenters. The molecule has 12 rings (SSSR count). The highest BCUT2D eigenvalue weighted by molar-refractivity contribution is 6.32. The molecule has 2 fully saturated rings. The second-order valence-electron chi connectivity index (χ2n) is 25.6. The van der Waals surface area contributed by atoms with Gasteiger partial charge in [-0.1, -0.05) is 55.2 Å². The highest BCUT2D eigenvalue weighted by atomic mass is 35.5. The molecule has 35 heteroatoms. The van der Waals surface area contributed by atoms with Gasteiger partial charge < -0.3 is 132 Å². The van der Waals surface area contributed by atoms with Gasteiger partial charge in [-0.3, -0.25) is 28.8 Å². The number of amides is 6. The van der Waals surface area contributed by atoms with Gasteiger partial charge in [0.05, 0.1) is 53.3 Å². The molecule has 5 aromatic carbocycles. The number of carbonyl (C=O) groups is 8. The van der Waals surface area contributed by atoms with Crippen molar-refractivity contribution in [2.75, 3.05) is 13.7 Å². The van der Waals surface area contributed by atoms with Crippen molar-refractivity contribution < 1.29 is 123 Å². The minimum Gasteiger partial charge on any atom is -0.548 e. The fourth-order valence-electron chi connectivity index (χ4n) is 12.4. The fourth-order valence-corrected chi connectivity index (χ4v) is 12.9. The number of aliphatic hydroxyl groups excluding tert-OH is 6. The van der Waals surface area contributed by atoms with E-state index in [-0.39, 0.29) is 41.2 Å². The Kier molecular flexibility index (Phi) is 22.2. The summed E-state index contributed by atoms with van der Waals surface area (Å²) in [4.78, 5) is 116. The molecule has 5 aromatic rings. The lowest BCUT2D eigenvalue weighted by Crippen LogP contribution is -2.64. The third-order valence-corrected chi connectivity index (χ3v) is 18.3. The van der Waals surface area contributed by atoms with Gasteiger partial charge >= 0.3 is 5.97 Å². The van der Waals surface area contributed by atoms with Crippen molar-refractivity contribution in [1.29, 1.82) is 0 Å². The molecule has 542 valence electrons. The van der Waals surface area contributed by atoms with Crippen LogP contribution < -0.4 is 62.3 Å². The smallest absolute Gasteiger partial charge is 0.326 e. The van der Waals surface area contributed by atoms with Crippen LogP contribution in [0.4, 0.5) is 0 Å². The number of fused-ring (bicyclic) bond motifs is 16. The number of aliphatic carboxylic acids is 2. The molecule has 0 aromatic heterocycles. The zero-order valence-corrected chi connectivity index (χ0v) is 55.7. The number of phenols is 3. The number of likely N-dealkylation sites (N-methyl/N-ethyl adjacent to an activating group) is 1. The Hall–Kier alpha value is -9.20. The van der Waals surface area contributed by atoms with E-state index >= 15 is 9.59 Å². The number of rotatable bonds is 12. The number of hydrogen-bond acceptors (Lipinski definition) is 26. The molecule has 0 aliphatic carbocycles. The highest BCUT2D eigenvalue weighted by Gasteiger charge is 2.51. The van der Waals surface area contributed by atoms with Crippen molar-refractivity contribution >= 4 is 70.6 Å². The van der Waals surface area contributed by atoms with Crippen molar-refractivity contribution in [1.82, 2.24) is 37.2 Å². The third-order valence-electron chi connectivity index (χ3n) is 17.7. The zero-order valence-electron chi connectivity index (χ0n) is 54.2. The molecule has 11 bridgehead atoms. The van der Waals surface area contributed by atoms with E-state index in [0.29, 0.717) is 0 Å². The number of ether oxygens (including phenoxy) is 6. The maximum atomic E-state index is 15.9. The van der Waals surface area contributed by atoms with Gasteiger partial charge in [-0.15, -0.1) is 0 Å². The number of nitrogens with two attached hydrogens (primary N) is 1. The Bertz CT molecular complexity index is 4070. The number of carboxylic acid groups (broad SMARTS) is 2. The normalized spacial score (nSPS) is 29.6. The third kappa shape index (κ3) is 15.8. The number of halogens is 2. The second-order valence-corrected chi connectivity index (χ2v) is 26.4. The highest BCUT2D eigenvalue weighted by Crippen LogP contribution is 2.50. The summed E-state index contributed by atoms with van der Waals surface area (Å²) in [5, 5.41) is 143. The molecule has 7 aliphatic rings. The van der Waals surface area contributed by atoms with Crippen molar-refractivity contribution in [3.8, 4) is 57.1 Å². The lowest BCUT2D eigenvalue weighted by molar-refractivity contribution is -0.333. The Balaban J connectivity index is 1.23. The van der Waals surface area contributed by atoms with E-state index in [1.165, 1.54) is 27.0 Å². The summed E-state index contributed by atoms with van der Waals surface area (Å²) in [5.41, 5.74) is 2.03. The molecule has 33 nitrogen and oxygen atoms in total. The first-order valence-electron chi connectivity index (χ1n) is 31.5. The average Bonchev–Trinajstić information content (AvgIpc) is 0.953. The van der Waals surface area contributed by atoms with Gasteiger partial charge in [0.1, 0.15) is 89.5 Å². The SMILES string of the molecule is CNC(CC(C)C)C(=O)NC1C(=O)NC(C(=O)O)CC(=O)NC2C(=O)NC3C(=O)NC(C(=O)NC(C(=O)[O-])c4cc(O)cc(O)c4-c4cc3ccc4O)C(O)c3ccc(c(Cl)c3)Oc3cc2cc(c3OC2OC(CO)C(O)C(O)C2OC2CC(C)(N)C(O)C(C)O2)Oc2ccc(cc2Cl)C1O. The first-order chi connectivity index (χ1) is 47.7. The summed E-state index contributed by atoms with van der Waals surface area (Å²) in [7, 11) is 1.46. The number of phenolic OH excluding ortho intramolecular Hbond substituents is 3. The molecule has 6 amide bonds. The zero-order chi connectivity index (χ0) is 73.5. The van der Waals surface area contributed by atoms with Gasteiger partial charge in [-0.2, -0.15) is 0 Å². The standard InChI is InChI=1S/C66H74Cl2N8O25/c1-23(2)12-34(70-5)58(87)75-49-51(82)26-7-10-38(32(67)14-26)97-40-16-28-17-41(55(40)101-65-56(54(85)53(84)42(22-77)99-65)100-44-21-66(4,69)57(86)24(3)96-44)98-39-11-8-27(15-33(39)68)52(83)50-62(91)74-48(64(94)95)31-18-29(78)19-37(80)45(31)30-13-25(6-9-36(30)79)46(59(88)76-50)73-60(89)47(28)72-43(81)20-35(63(92)93)71-61(49)90/h6-11,13-19,23-24,34-35,42,44,46-54,56-57,65,70,77-80,82-86H,12,20-22,69H2,1-5H3,(H,71,90)(H,72,81)(H,73,89)(H,74,91)(H,75,87)(H,76,88)(H,92,93)(H,94,95)/p-1. The molecule has 7 heterocycles. The summed E-state index contributed by atoms with van der Waals surface area (Å²) in [6.45, 7) is 5.62. The number of aromatic hydroxyl groups is 3.